The van der Waals surface area contributed by atoms with Gasteiger partial charge in [0.05, 0.1) is 40.6 Å². The standard InChI is InChI=1S/C26H25ClF3N3O5S/c1-3-37-23-13-10-18(14-24(23)38-4-2)16-31-32-25(34)17-33(39(35,36)20-8-6-5-7-9-20)19-11-12-22(27)21(15-19)26(28,29)30/h5-16H,3-4,17H2,1-2H3,(H,32,34)/b31-16-. The van der Waals surface area contributed by atoms with Gasteiger partial charge >= 0.3 is 6.18 Å². The van der Waals surface area contributed by atoms with Crippen LogP contribution in [-0.2, 0) is 21.0 Å². The van der Waals surface area contributed by atoms with E-state index in [0.717, 1.165) is 12.1 Å². The lowest BCUT2D eigenvalue weighted by Gasteiger charge is -2.24. The first-order chi connectivity index (χ1) is 18.5. The quantitative estimate of drug-likeness (QED) is 0.237. The van der Waals surface area contributed by atoms with Gasteiger partial charge < -0.3 is 9.47 Å². The number of rotatable bonds is 11. The number of nitrogens with one attached hydrogen (secondary N) is 1. The first kappa shape index (κ1) is 29.8. The lowest BCUT2D eigenvalue weighted by Crippen LogP contribution is -2.39. The minimum atomic E-state index is -4.85. The summed E-state index contributed by atoms with van der Waals surface area (Å²) in [7, 11) is -4.44. The summed E-state index contributed by atoms with van der Waals surface area (Å²) in [5.74, 6) is 0.103. The van der Waals surface area contributed by atoms with Gasteiger partial charge in [-0.3, -0.25) is 9.10 Å². The number of anilines is 1. The smallest absolute Gasteiger partial charge is 0.417 e. The highest BCUT2D eigenvalue weighted by atomic mass is 35.5. The molecule has 0 aliphatic rings. The molecule has 0 bridgehead atoms. The van der Waals surface area contributed by atoms with Crippen LogP contribution in [0.4, 0.5) is 18.9 Å². The van der Waals surface area contributed by atoms with Crippen molar-refractivity contribution in [3.8, 4) is 11.5 Å². The highest BCUT2D eigenvalue weighted by Gasteiger charge is 2.35. The third-order valence-corrected chi connectivity index (χ3v) is 7.25. The van der Waals surface area contributed by atoms with E-state index in [1.54, 1.807) is 24.3 Å². The fourth-order valence-electron chi connectivity index (χ4n) is 3.41. The van der Waals surface area contributed by atoms with E-state index in [1.165, 1.54) is 30.5 Å². The van der Waals surface area contributed by atoms with Crippen molar-refractivity contribution in [3.05, 3.63) is 82.9 Å². The third kappa shape index (κ3) is 7.64. The summed E-state index contributed by atoms with van der Waals surface area (Å²) in [6, 6.07) is 14.6. The lowest BCUT2D eigenvalue weighted by atomic mass is 10.2. The van der Waals surface area contributed by atoms with Crippen molar-refractivity contribution in [3.63, 3.8) is 0 Å². The molecule has 0 radical (unpaired) electrons. The van der Waals surface area contributed by atoms with Crippen LogP contribution in [0, 0.1) is 0 Å². The second-order valence-electron chi connectivity index (χ2n) is 7.85. The molecule has 1 amide bonds. The number of alkyl halides is 3. The summed E-state index contributed by atoms with van der Waals surface area (Å²) in [6.07, 6.45) is -3.55. The number of amides is 1. The van der Waals surface area contributed by atoms with Gasteiger partial charge in [-0.05, 0) is 67.9 Å². The maximum absolute atomic E-state index is 13.5. The molecule has 0 aliphatic heterocycles. The van der Waals surface area contributed by atoms with Crippen LogP contribution >= 0.6 is 11.6 Å². The third-order valence-electron chi connectivity index (χ3n) is 5.13. The monoisotopic (exact) mass is 583 g/mol. The van der Waals surface area contributed by atoms with Crippen molar-refractivity contribution in [1.29, 1.82) is 0 Å². The summed E-state index contributed by atoms with van der Waals surface area (Å²) >= 11 is 5.70. The second-order valence-corrected chi connectivity index (χ2v) is 10.1. The number of carbonyl (C=O) groups excluding carboxylic acids is 1. The molecule has 0 saturated carbocycles. The molecule has 208 valence electrons. The van der Waals surface area contributed by atoms with Gasteiger partial charge in [0.25, 0.3) is 15.9 Å². The predicted molar refractivity (Wildman–Crippen MR) is 142 cm³/mol. The zero-order chi connectivity index (χ0) is 28.6. The lowest BCUT2D eigenvalue weighted by molar-refractivity contribution is -0.137. The van der Waals surface area contributed by atoms with Gasteiger partial charge in [-0.25, -0.2) is 13.8 Å². The van der Waals surface area contributed by atoms with Crippen molar-refractivity contribution in [2.24, 2.45) is 5.10 Å². The minimum Gasteiger partial charge on any atom is -0.490 e. The fraction of sp³-hybridized carbons (Fsp3) is 0.231. The van der Waals surface area contributed by atoms with Gasteiger partial charge in [-0.2, -0.15) is 18.3 Å². The number of halogens is 4. The number of nitrogens with zero attached hydrogens (tertiary/aromatic N) is 2. The molecule has 0 aliphatic carbocycles. The zero-order valence-corrected chi connectivity index (χ0v) is 22.5. The minimum absolute atomic E-state index is 0.220. The number of hydrogen-bond donors (Lipinski definition) is 1. The Kier molecular flexibility index (Phi) is 9.81. The van der Waals surface area contributed by atoms with Crippen molar-refractivity contribution >= 4 is 39.4 Å². The summed E-state index contributed by atoms with van der Waals surface area (Å²) in [6.45, 7) is 3.61. The van der Waals surface area contributed by atoms with E-state index < -0.39 is 44.9 Å². The molecule has 0 heterocycles. The van der Waals surface area contributed by atoms with Crippen LogP contribution in [0.1, 0.15) is 25.0 Å². The van der Waals surface area contributed by atoms with Gasteiger partial charge in [-0.15, -0.1) is 0 Å². The normalized spacial score (nSPS) is 11.8. The van der Waals surface area contributed by atoms with Crippen LogP contribution in [0.15, 0.2) is 76.7 Å². The number of carbonyl (C=O) groups is 1. The molecular formula is C26H25ClF3N3O5S. The first-order valence-electron chi connectivity index (χ1n) is 11.6. The van der Waals surface area contributed by atoms with Crippen molar-refractivity contribution < 1.29 is 35.9 Å². The topological polar surface area (TPSA) is 97.3 Å². The average molecular weight is 584 g/mol. The van der Waals surface area contributed by atoms with Gasteiger partial charge in [0.2, 0.25) is 0 Å². The maximum atomic E-state index is 13.5. The Hall–Kier alpha value is -3.77. The van der Waals surface area contributed by atoms with Crippen LogP contribution in [0.2, 0.25) is 5.02 Å². The Morgan fingerprint density at radius 2 is 1.67 bits per heavy atom. The SMILES string of the molecule is CCOc1ccc(/C=N\NC(=O)CN(c2ccc(Cl)c(C(F)(F)F)c2)S(=O)(=O)c2ccccc2)cc1OCC. The molecule has 3 rings (SSSR count). The molecule has 13 heteroatoms. The summed E-state index contributed by atoms with van der Waals surface area (Å²) < 4.78 is 78.8. The van der Waals surface area contributed by atoms with E-state index in [-0.39, 0.29) is 4.90 Å². The van der Waals surface area contributed by atoms with E-state index >= 15 is 0 Å². The Bertz CT molecular complexity index is 1430. The summed E-state index contributed by atoms with van der Waals surface area (Å²) in [5, 5.41) is 3.24. The van der Waals surface area contributed by atoms with Crippen LogP contribution in [-0.4, -0.2) is 40.3 Å². The van der Waals surface area contributed by atoms with Crippen LogP contribution in [0.3, 0.4) is 0 Å². The first-order valence-corrected chi connectivity index (χ1v) is 13.4. The van der Waals surface area contributed by atoms with Crippen molar-refractivity contribution in [1.82, 2.24) is 5.43 Å². The number of sulfonamides is 1. The molecule has 0 saturated heterocycles. The van der Waals surface area contributed by atoms with Crippen LogP contribution < -0.4 is 19.2 Å². The molecule has 1 N–H and O–H groups in total. The fourth-order valence-corrected chi connectivity index (χ4v) is 5.07. The molecule has 39 heavy (non-hydrogen) atoms. The Labute approximate surface area is 229 Å². The van der Waals surface area contributed by atoms with E-state index in [0.29, 0.717) is 40.6 Å². The molecular weight excluding hydrogens is 559 g/mol. The van der Waals surface area contributed by atoms with Gasteiger partial charge in [0.15, 0.2) is 11.5 Å². The molecule has 0 atom stereocenters. The second kappa shape index (κ2) is 12.9. The summed E-state index contributed by atoms with van der Waals surface area (Å²) in [5.41, 5.74) is 1.11. The number of hydrazone groups is 1. The maximum Gasteiger partial charge on any atom is 0.417 e. The van der Waals surface area contributed by atoms with Gasteiger partial charge in [0.1, 0.15) is 6.54 Å². The summed E-state index contributed by atoms with van der Waals surface area (Å²) in [4.78, 5) is 12.5. The Morgan fingerprint density at radius 1 is 1.00 bits per heavy atom. The van der Waals surface area contributed by atoms with E-state index in [2.05, 4.69) is 10.5 Å². The number of ether oxygens (including phenoxy) is 2. The van der Waals surface area contributed by atoms with Crippen molar-refractivity contribution in [2.75, 3.05) is 24.1 Å². The Morgan fingerprint density at radius 3 is 2.31 bits per heavy atom. The molecule has 0 fully saturated rings. The van der Waals surface area contributed by atoms with E-state index in [4.69, 9.17) is 21.1 Å². The van der Waals surface area contributed by atoms with Crippen LogP contribution in [0.25, 0.3) is 0 Å². The highest BCUT2D eigenvalue weighted by Crippen LogP contribution is 2.38. The largest absolute Gasteiger partial charge is 0.490 e. The average Bonchev–Trinajstić information content (AvgIpc) is 2.89. The molecule has 8 nitrogen and oxygen atoms in total. The van der Waals surface area contributed by atoms with E-state index in [9.17, 15) is 26.4 Å². The highest BCUT2D eigenvalue weighted by molar-refractivity contribution is 7.92. The van der Waals surface area contributed by atoms with Gasteiger partial charge in [0, 0.05) is 0 Å². The Balaban J connectivity index is 1.88. The molecule has 0 aromatic heterocycles. The van der Waals surface area contributed by atoms with E-state index in [1.807, 2.05) is 13.8 Å². The van der Waals surface area contributed by atoms with Crippen molar-refractivity contribution in [2.45, 2.75) is 24.9 Å². The predicted octanol–water partition coefficient (Wildman–Crippen LogP) is 5.50. The number of benzene rings is 3. The number of hydrogen-bond acceptors (Lipinski definition) is 6. The molecule has 0 spiro atoms. The molecule has 3 aromatic carbocycles. The van der Waals surface area contributed by atoms with Crippen LogP contribution in [0.5, 0.6) is 11.5 Å². The van der Waals surface area contributed by atoms with Gasteiger partial charge in [-0.1, -0.05) is 29.8 Å². The molecule has 0 unspecified atom stereocenters. The molecule has 3 aromatic rings. The zero-order valence-electron chi connectivity index (χ0n) is 20.9.